The van der Waals surface area contributed by atoms with Gasteiger partial charge in [0.25, 0.3) is 0 Å². The molecule has 5 rings (SSSR count). The predicted octanol–water partition coefficient (Wildman–Crippen LogP) is 4.23. The molecule has 4 aromatic rings. The molecule has 0 bridgehead atoms. The Hall–Kier alpha value is -1.81. The van der Waals surface area contributed by atoms with Gasteiger partial charge >= 0.3 is 0 Å². The van der Waals surface area contributed by atoms with Crippen molar-refractivity contribution >= 4 is 62.2 Å². The van der Waals surface area contributed by atoms with Gasteiger partial charge in [0.2, 0.25) is 0 Å². The SMILES string of the molecule is C[C@H]1CSc2nc3c(NCCc4c[nH]c5ccccc45)nc(I)nc3n21. The molecule has 132 valence electrons. The van der Waals surface area contributed by atoms with Crippen molar-refractivity contribution in [1.82, 2.24) is 24.5 Å². The van der Waals surface area contributed by atoms with E-state index >= 15 is 0 Å². The molecule has 0 unspecified atom stereocenters. The van der Waals surface area contributed by atoms with Gasteiger partial charge in [0.05, 0.1) is 0 Å². The first-order valence-corrected chi connectivity index (χ1v) is 10.6. The van der Waals surface area contributed by atoms with Crippen molar-refractivity contribution < 1.29 is 0 Å². The molecular formula is C18H17IN6S. The van der Waals surface area contributed by atoms with E-state index in [0.29, 0.717) is 6.04 Å². The first-order valence-electron chi connectivity index (χ1n) is 8.58. The van der Waals surface area contributed by atoms with Crippen molar-refractivity contribution in [2.75, 3.05) is 17.6 Å². The van der Waals surface area contributed by atoms with Crippen molar-refractivity contribution in [2.45, 2.75) is 24.5 Å². The van der Waals surface area contributed by atoms with Crippen LogP contribution in [0.4, 0.5) is 5.82 Å². The number of nitrogens with zero attached hydrogens (tertiary/aromatic N) is 4. The minimum atomic E-state index is 0.421. The van der Waals surface area contributed by atoms with Gasteiger partial charge in [-0.1, -0.05) is 30.0 Å². The second kappa shape index (κ2) is 6.41. The molecule has 4 heterocycles. The number of thioether (sulfide) groups is 1. The van der Waals surface area contributed by atoms with E-state index in [4.69, 9.17) is 4.98 Å². The maximum absolute atomic E-state index is 4.78. The van der Waals surface area contributed by atoms with E-state index in [-0.39, 0.29) is 0 Å². The minimum Gasteiger partial charge on any atom is -0.368 e. The first-order chi connectivity index (χ1) is 12.7. The molecule has 3 aromatic heterocycles. The van der Waals surface area contributed by atoms with Crippen LogP contribution < -0.4 is 5.32 Å². The second-order valence-corrected chi connectivity index (χ2v) is 8.43. The van der Waals surface area contributed by atoms with Crippen LogP contribution in [0.5, 0.6) is 0 Å². The first kappa shape index (κ1) is 16.4. The fraction of sp³-hybridized carbons (Fsp3) is 0.278. The molecule has 0 aliphatic carbocycles. The number of hydrogen-bond acceptors (Lipinski definition) is 5. The summed E-state index contributed by atoms with van der Waals surface area (Å²) in [5.74, 6) is 1.89. The van der Waals surface area contributed by atoms with Crippen LogP contribution in [0.1, 0.15) is 18.5 Å². The molecular weight excluding hydrogens is 459 g/mol. The lowest BCUT2D eigenvalue weighted by atomic mass is 10.1. The Morgan fingerprint density at radius 3 is 3.12 bits per heavy atom. The summed E-state index contributed by atoms with van der Waals surface area (Å²) in [7, 11) is 0. The monoisotopic (exact) mass is 476 g/mol. The fourth-order valence-electron chi connectivity index (χ4n) is 3.47. The summed E-state index contributed by atoms with van der Waals surface area (Å²) in [4.78, 5) is 17.3. The summed E-state index contributed by atoms with van der Waals surface area (Å²) < 4.78 is 2.98. The van der Waals surface area contributed by atoms with Crippen LogP contribution in [0.25, 0.3) is 22.1 Å². The number of hydrogen-bond donors (Lipinski definition) is 2. The zero-order valence-electron chi connectivity index (χ0n) is 14.2. The molecule has 1 aliphatic rings. The number of aromatic amines is 1. The molecule has 0 fully saturated rings. The van der Waals surface area contributed by atoms with Crippen molar-refractivity contribution in [3.05, 3.63) is 39.9 Å². The van der Waals surface area contributed by atoms with Gasteiger partial charge in [-0.3, -0.25) is 4.57 Å². The zero-order valence-corrected chi connectivity index (χ0v) is 17.1. The average molecular weight is 476 g/mol. The van der Waals surface area contributed by atoms with Crippen LogP contribution >= 0.6 is 34.4 Å². The van der Waals surface area contributed by atoms with E-state index < -0.39 is 0 Å². The van der Waals surface area contributed by atoms with Gasteiger partial charge in [-0.25, -0.2) is 15.0 Å². The smallest absolute Gasteiger partial charge is 0.194 e. The third-order valence-corrected chi connectivity index (χ3v) is 6.41. The average Bonchev–Trinajstić information content (AvgIpc) is 3.31. The molecule has 1 aromatic carbocycles. The van der Waals surface area contributed by atoms with Crippen molar-refractivity contribution in [1.29, 1.82) is 0 Å². The molecule has 0 saturated carbocycles. The van der Waals surface area contributed by atoms with Crippen LogP contribution in [0, 0.1) is 3.83 Å². The van der Waals surface area contributed by atoms with E-state index in [1.807, 2.05) is 0 Å². The summed E-state index contributed by atoms with van der Waals surface area (Å²) in [6, 6.07) is 8.82. The number of fused-ring (bicyclic) bond motifs is 4. The number of halogens is 1. The van der Waals surface area contributed by atoms with E-state index in [9.17, 15) is 0 Å². The topological polar surface area (TPSA) is 71.4 Å². The number of para-hydroxylation sites is 1. The Bertz CT molecular complexity index is 1120. The standard InChI is InChI=1S/C18H17IN6S/c1-10-9-26-18-22-14-15(23-17(19)24-16(14)25(10)18)20-7-6-11-8-21-13-5-3-2-4-12(11)13/h2-5,8,10,21H,6-7,9H2,1H3,(H,20,23,24)/t10-/m0/s1. The highest BCUT2D eigenvalue weighted by Gasteiger charge is 2.26. The van der Waals surface area contributed by atoms with Crippen LogP contribution in [0.15, 0.2) is 35.6 Å². The molecule has 0 amide bonds. The van der Waals surface area contributed by atoms with E-state index in [1.165, 1.54) is 16.5 Å². The quantitative estimate of drug-likeness (QED) is 0.341. The summed E-state index contributed by atoms with van der Waals surface area (Å²) >= 11 is 3.97. The van der Waals surface area contributed by atoms with E-state index in [0.717, 1.165) is 44.7 Å². The van der Waals surface area contributed by atoms with Gasteiger partial charge in [-0.2, -0.15) is 0 Å². The normalized spacial score (nSPS) is 16.5. The Balaban J connectivity index is 1.42. The summed E-state index contributed by atoms with van der Waals surface area (Å²) in [6.45, 7) is 3.01. The maximum atomic E-state index is 4.78. The lowest BCUT2D eigenvalue weighted by Crippen LogP contribution is -2.09. The third kappa shape index (κ3) is 2.66. The van der Waals surface area contributed by atoms with Crippen molar-refractivity contribution in [2.24, 2.45) is 0 Å². The van der Waals surface area contributed by atoms with Crippen molar-refractivity contribution in [3.63, 3.8) is 0 Å². The van der Waals surface area contributed by atoms with Crippen LogP contribution in [0.2, 0.25) is 0 Å². The number of H-pyrrole nitrogens is 1. The van der Waals surface area contributed by atoms with Gasteiger partial charge < -0.3 is 10.3 Å². The summed E-state index contributed by atoms with van der Waals surface area (Å²) in [6.07, 6.45) is 3.01. The molecule has 26 heavy (non-hydrogen) atoms. The van der Waals surface area contributed by atoms with Gasteiger partial charge in [-0.05, 0) is 25.0 Å². The molecule has 1 aliphatic heterocycles. The van der Waals surface area contributed by atoms with Crippen LogP contribution in [-0.4, -0.2) is 36.8 Å². The second-order valence-electron chi connectivity index (χ2n) is 6.47. The summed E-state index contributed by atoms with van der Waals surface area (Å²) in [5.41, 5.74) is 4.30. The largest absolute Gasteiger partial charge is 0.368 e. The molecule has 0 radical (unpaired) electrons. The van der Waals surface area contributed by atoms with Gasteiger partial charge in [-0.15, -0.1) is 0 Å². The Morgan fingerprint density at radius 2 is 2.19 bits per heavy atom. The number of benzene rings is 1. The molecule has 6 nitrogen and oxygen atoms in total. The molecule has 0 spiro atoms. The van der Waals surface area contributed by atoms with Gasteiger partial charge in [0, 0.05) is 58.0 Å². The molecule has 1 atom stereocenters. The highest BCUT2D eigenvalue weighted by molar-refractivity contribution is 14.1. The van der Waals surface area contributed by atoms with E-state index in [2.05, 4.69) is 84.8 Å². The fourth-order valence-corrected chi connectivity index (χ4v) is 5.04. The lowest BCUT2D eigenvalue weighted by molar-refractivity contribution is 0.596. The number of nitrogens with one attached hydrogen (secondary N) is 2. The van der Waals surface area contributed by atoms with Crippen LogP contribution in [0.3, 0.4) is 0 Å². The molecule has 8 heteroatoms. The number of anilines is 1. The van der Waals surface area contributed by atoms with E-state index in [1.54, 1.807) is 11.8 Å². The summed E-state index contributed by atoms with van der Waals surface area (Å²) in [5, 5.41) is 5.81. The number of aromatic nitrogens is 5. The Labute approximate surface area is 168 Å². The third-order valence-electron chi connectivity index (χ3n) is 4.74. The van der Waals surface area contributed by atoms with Gasteiger partial charge in [0.15, 0.2) is 26.0 Å². The van der Waals surface area contributed by atoms with Crippen LogP contribution in [-0.2, 0) is 6.42 Å². The maximum Gasteiger partial charge on any atom is 0.194 e. The minimum absolute atomic E-state index is 0.421. The zero-order chi connectivity index (χ0) is 17.7. The highest BCUT2D eigenvalue weighted by Crippen LogP contribution is 2.37. The number of rotatable bonds is 4. The molecule has 2 N–H and O–H groups in total. The molecule has 0 saturated heterocycles. The predicted molar refractivity (Wildman–Crippen MR) is 114 cm³/mol. The lowest BCUT2D eigenvalue weighted by Gasteiger charge is -2.09. The Morgan fingerprint density at radius 1 is 1.31 bits per heavy atom. The van der Waals surface area contributed by atoms with Gasteiger partial charge in [0.1, 0.15) is 0 Å². The number of imidazole rings is 1. The van der Waals surface area contributed by atoms with Crippen molar-refractivity contribution in [3.8, 4) is 0 Å². The highest BCUT2D eigenvalue weighted by atomic mass is 127. The Kier molecular flexibility index (Phi) is 4.04.